The Morgan fingerprint density at radius 2 is 0.960 bits per heavy atom. The largest absolute Gasteiger partial charge is 0.395 e. The van der Waals surface area contributed by atoms with Crippen LogP contribution in [0, 0.1) is 0 Å². The quantitative estimate of drug-likeness (QED) is 0.716. The zero-order valence-corrected chi connectivity index (χ0v) is 14.6. The average molecular weight is 333 g/mol. The van der Waals surface area contributed by atoms with Crippen molar-refractivity contribution in [1.29, 1.82) is 0 Å². The lowest BCUT2D eigenvalue weighted by Crippen LogP contribution is -2.26. The normalized spacial score (nSPS) is 11.3. The number of hydrogen-bond donors (Lipinski definition) is 2. The van der Waals surface area contributed by atoms with Gasteiger partial charge in [-0.15, -0.1) is 0 Å². The molecule has 130 valence electrons. The second-order valence-corrected chi connectivity index (χ2v) is 6.10. The number of aliphatic hydroxyl groups is 1. The van der Waals surface area contributed by atoms with E-state index < -0.39 is 0 Å². The number of benzene rings is 3. The molecule has 0 aliphatic heterocycles. The molecule has 0 amide bonds. The van der Waals surface area contributed by atoms with Gasteiger partial charge in [-0.25, -0.2) is 0 Å². The maximum Gasteiger partial charge on any atom is 0.0585 e. The third kappa shape index (κ3) is 7.79. The van der Waals surface area contributed by atoms with Gasteiger partial charge in [0.25, 0.3) is 0 Å². The Hall–Kier alpha value is -2.42. The summed E-state index contributed by atoms with van der Waals surface area (Å²) in [5, 5.41) is 8.67. The van der Waals surface area contributed by atoms with Crippen molar-refractivity contribution in [3.8, 4) is 0 Å². The van der Waals surface area contributed by atoms with E-state index in [4.69, 9.17) is 10.8 Å². The van der Waals surface area contributed by atoms with Gasteiger partial charge in [-0.05, 0) is 36.0 Å². The first kappa shape index (κ1) is 18.9. The van der Waals surface area contributed by atoms with E-state index in [0.717, 1.165) is 19.3 Å². The van der Waals surface area contributed by atoms with Crippen LogP contribution in [-0.2, 0) is 19.3 Å². The Morgan fingerprint density at radius 1 is 0.600 bits per heavy atom. The smallest absolute Gasteiger partial charge is 0.0585 e. The highest BCUT2D eigenvalue weighted by Crippen LogP contribution is 2.06. The van der Waals surface area contributed by atoms with E-state index in [1.807, 2.05) is 30.3 Å². The molecule has 0 spiro atoms. The minimum Gasteiger partial charge on any atom is -0.395 e. The van der Waals surface area contributed by atoms with Crippen LogP contribution in [0.25, 0.3) is 0 Å². The van der Waals surface area contributed by atoms with Gasteiger partial charge in [-0.3, -0.25) is 0 Å². The Morgan fingerprint density at radius 3 is 1.32 bits per heavy atom. The van der Waals surface area contributed by atoms with Crippen LogP contribution in [0.5, 0.6) is 0 Å². The van der Waals surface area contributed by atoms with Crippen molar-refractivity contribution in [3.63, 3.8) is 0 Å². The van der Waals surface area contributed by atoms with E-state index in [2.05, 4.69) is 60.7 Å². The molecular formula is C23H27NO. The second-order valence-electron chi connectivity index (χ2n) is 6.10. The van der Waals surface area contributed by atoms with Crippen LogP contribution in [0.1, 0.15) is 16.7 Å². The van der Waals surface area contributed by atoms with Gasteiger partial charge < -0.3 is 10.8 Å². The molecule has 3 N–H and O–H groups in total. The highest BCUT2D eigenvalue weighted by molar-refractivity contribution is 5.20. The van der Waals surface area contributed by atoms with Gasteiger partial charge in [-0.2, -0.15) is 0 Å². The molecule has 0 fully saturated rings. The van der Waals surface area contributed by atoms with Crippen molar-refractivity contribution in [1.82, 2.24) is 0 Å². The van der Waals surface area contributed by atoms with Crippen molar-refractivity contribution in [3.05, 3.63) is 108 Å². The fourth-order valence-electron chi connectivity index (χ4n) is 2.56. The van der Waals surface area contributed by atoms with Gasteiger partial charge in [-0.1, -0.05) is 91.0 Å². The van der Waals surface area contributed by atoms with E-state index >= 15 is 0 Å². The summed E-state index contributed by atoms with van der Waals surface area (Å²) < 4.78 is 0. The molecule has 2 nitrogen and oxygen atoms in total. The van der Waals surface area contributed by atoms with Gasteiger partial charge in [0.05, 0.1) is 6.61 Å². The molecular weight excluding hydrogens is 306 g/mol. The highest BCUT2D eigenvalue weighted by Gasteiger charge is 2.00. The van der Waals surface area contributed by atoms with Crippen molar-refractivity contribution in [2.45, 2.75) is 25.3 Å². The van der Waals surface area contributed by atoms with Crippen LogP contribution in [-0.4, -0.2) is 17.8 Å². The van der Waals surface area contributed by atoms with E-state index in [0.29, 0.717) is 0 Å². The first-order valence-electron chi connectivity index (χ1n) is 8.76. The topological polar surface area (TPSA) is 46.2 Å². The van der Waals surface area contributed by atoms with Gasteiger partial charge in [0.2, 0.25) is 0 Å². The molecule has 0 aliphatic carbocycles. The summed E-state index contributed by atoms with van der Waals surface area (Å²) >= 11 is 0. The van der Waals surface area contributed by atoms with Crippen molar-refractivity contribution < 1.29 is 5.11 Å². The Bertz CT molecular complexity index is 644. The van der Waals surface area contributed by atoms with Gasteiger partial charge in [0.1, 0.15) is 0 Å². The fraction of sp³-hybridized carbons (Fsp3) is 0.217. The zero-order chi connectivity index (χ0) is 17.7. The molecule has 3 aromatic carbocycles. The Balaban J connectivity index is 0.000000186. The first-order valence-corrected chi connectivity index (χ1v) is 8.76. The zero-order valence-electron chi connectivity index (χ0n) is 14.6. The summed E-state index contributed by atoms with van der Waals surface area (Å²) in [6, 6.07) is 31.0. The summed E-state index contributed by atoms with van der Waals surface area (Å²) in [5.74, 6) is 0. The lowest BCUT2D eigenvalue weighted by atomic mass is 10.0. The van der Waals surface area contributed by atoms with Crippen molar-refractivity contribution in [2.75, 3.05) is 6.61 Å². The molecule has 2 heteroatoms. The number of hydrogen-bond acceptors (Lipinski definition) is 2. The molecule has 3 rings (SSSR count). The van der Waals surface area contributed by atoms with E-state index in [1.165, 1.54) is 16.7 Å². The minimum atomic E-state index is -0.127. The van der Waals surface area contributed by atoms with Crippen LogP contribution >= 0.6 is 0 Å². The molecule has 1 unspecified atom stereocenters. The highest BCUT2D eigenvalue weighted by atomic mass is 16.3. The van der Waals surface area contributed by atoms with Crippen LogP contribution in [0.15, 0.2) is 91.0 Å². The van der Waals surface area contributed by atoms with E-state index in [9.17, 15) is 0 Å². The lowest BCUT2D eigenvalue weighted by molar-refractivity contribution is 0.265. The van der Waals surface area contributed by atoms with Crippen LogP contribution in [0.3, 0.4) is 0 Å². The van der Waals surface area contributed by atoms with Gasteiger partial charge >= 0.3 is 0 Å². The predicted molar refractivity (Wildman–Crippen MR) is 105 cm³/mol. The molecule has 3 aromatic rings. The summed E-state index contributed by atoms with van der Waals surface area (Å²) in [5.41, 5.74) is 9.56. The Labute approximate surface area is 151 Å². The van der Waals surface area contributed by atoms with Gasteiger partial charge in [0.15, 0.2) is 0 Å². The fourth-order valence-corrected chi connectivity index (χ4v) is 2.56. The molecule has 0 saturated carbocycles. The monoisotopic (exact) mass is 333 g/mol. The van der Waals surface area contributed by atoms with E-state index in [-0.39, 0.29) is 12.6 Å². The van der Waals surface area contributed by atoms with Crippen LogP contribution in [0.4, 0.5) is 0 Å². The number of aryl methyl sites for hydroxylation is 2. The number of rotatable bonds is 6. The second kappa shape index (κ2) is 11.2. The van der Waals surface area contributed by atoms with E-state index in [1.54, 1.807) is 0 Å². The molecule has 0 aromatic heterocycles. The van der Waals surface area contributed by atoms with Crippen molar-refractivity contribution >= 4 is 0 Å². The number of aliphatic hydroxyl groups excluding tert-OH is 1. The first-order chi connectivity index (χ1) is 12.3. The standard InChI is InChI=1S/C14H14.C9H13NO/c1-3-7-13(8-4-1)11-12-14-9-5-2-6-10-14;10-9(7-11)6-8-4-2-1-3-5-8/h1-10H,11-12H2;1-5,9,11H,6-7,10H2. The molecule has 0 radical (unpaired) electrons. The molecule has 0 aliphatic rings. The predicted octanol–water partition coefficient (Wildman–Crippen LogP) is 4.02. The summed E-state index contributed by atoms with van der Waals surface area (Å²) in [4.78, 5) is 0. The molecule has 25 heavy (non-hydrogen) atoms. The van der Waals surface area contributed by atoms with Crippen LogP contribution < -0.4 is 5.73 Å². The average Bonchev–Trinajstić information content (AvgIpc) is 2.69. The van der Waals surface area contributed by atoms with Crippen LogP contribution in [0.2, 0.25) is 0 Å². The number of nitrogens with two attached hydrogens (primary N) is 1. The lowest BCUT2D eigenvalue weighted by Gasteiger charge is -2.06. The van der Waals surface area contributed by atoms with Gasteiger partial charge in [0, 0.05) is 6.04 Å². The molecule has 1 atom stereocenters. The molecule has 0 bridgehead atoms. The molecule has 0 heterocycles. The van der Waals surface area contributed by atoms with Crippen molar-refractivity contribution in [2.24, 2.45) is 5.73 Å². The third-order valence-corrected chi connectivity index (χ3v) is 3.96. The maximum absolute atomic E-state index is 8.67. The molecule has 0 saturated heterocycles. The minimum absolute atomic E-state index is 0.0505. The summed E-state index contributed by atoms with van der Waals surface area (Å²) in [6.45, 7) is 0.0505. The maximum atomic E-state index is 8.67. The Kier molecular flexibility index (Phi) is 8.46. The third-order valence-electron chi connectivity index (χ3n) is 3.96. The SMILES string of the molecule is NC(CO)Cc1ccccc1.c1ccc(CCc2ccccc2)cc1. The summed E-state index contributed by atoms with van der Waals surface area (Å²) in [7, 11) is 0. The summed E-state index contributed by atoms with van der Waals surface area (Å²) in [6.07, 6.45) is 3.01.